The molecule has 0 fully saturated rings. The van der Waals surface area contributed by atoms with Crippen LogP contribution in [0.3, 0.4) is 0 Å². The topological polar surface area (TPSA) is 98.3 Å². The number of nitrogens with two attached hydrogens (primary N) is 1. The molecule has 0 bridgehead atoms. The number of hydrogen-bond donors (Lipinski definition) is 2. The lowest BCUT2D eigenvalue weighted by Gasteiger charge is -2.03. The Morgan fingerprint density at radius 3 is 3.00 bits per heavy atom. The van der Waals surface area contributed by atoms with Crippen LogP contribution in [0.4, 0.5) is 5.82 Å². The SMILES string of the molecule is Nc1nc(CCC(=O)O)nc2c1COC2. The van der Waals surface area contributed by atoms with E-state index in [0.717, 1.165) is 11.3 Å². The molecule has 3 N–H and O–H groups in total. The van der Waals surface area contributed by atoms with E-state index in [4.69, 9.17) is 15.6 Å². The van der Waals surface area contributed by atoms with Crippen molar-refractivity contribution >= 4 is 11.8 Å². The van der Waals surface area contributed by atoms with Gasteiger partial charge in [0.25, 0.3) is 0 Å². The zero-order valence-electron chi connectivity index (χ0n) is 8.06. The van der Waals surface area contributed by atoms with Gasteiger partial charge in [-0.1, -0.05) is 0 Å². The molecule has 0 saturated carbocycles. The number of aliphatic carboxylic acids is 1. The second kappa shape index (κ2) is 3.82. The van der Waals surface area contributed by atoms with Gasteiger partial charge in [-0.05, 0) is 0 Å². The summed E-state index contributed by atoms with van der Waals surface area (Å²) in [5.41, 5.74) is 7.31. The van der Waals surface area contributed by atoms with E-state index in [1.54, 1.807) is 0 Å². The monoisotopic (exact) mass is 209 g/mol. The van der Waals surface area contributed by atoms with Crippen molar-refractivity contribution in [2.75, 3.05) is 5.73 Å². The molecular weight excluding hydrogens is 198 g/mol. The number of carboxylic acids is 1. The summed E-state index contributed by atoms with van der Waals surface area (Å²) in [6.45, 7) is 0.877. The standard InChI is InChI=1S/C9H11N3O3/c10-9-5-3-15-4-6(5)11-7(12-9)1-2-8(13)14/h1-4H2,(H,13,14)(H2,10,11,12). The van der Waals surface area contributed by atoms with E-state index in [0.29, 0.717) is 31.3 Å². The molecule has 0 spiro atoms. The highest BCUT2D eigenvalue weighted by molar-refractivity contribution is 5.66. The number of nitrogen functional groups attached to an aromatic ring is 1. The fraction of sp³-hybridized carbons (Fsp3) is 0.444. The average molecular weight is 209 g/mol. The number of aromatic nitrogens is 2. The van der Waals surface area contributed by atoms with Gasteiger partial charge in [0.15, 0.2) is 0 Å². The Balaban J connectivity index is 2.20. The van der Waals surface area contributed by atoms with Crippen molar-refractivity contribution in [1.82, 2.24) is 9.97 Å². The van der Waals surface area contributed by atoms with Crippen LogP contribution in [-0.2, 0) is 29.2 Å². The predicted molar refractivity (Wildman–Crippen MR) is 50.9 cm³/mol. The van der Waals surface area contributed by atoms with Gasteiger partial charge in [0.2, 0.25) is 0 Å². The fourth-order valence-electron chi connectivity index (χ4n) is 1.46. The van der Waals surface area contributed by atoms with Gasteiger partial charge < -0.3 is 15.6 Å². The molecule has 0 amide bonds. The van der Waals surface area contributed by atoms with E-state index < -0.39 is 5.97 Å². The maximum Gasteiger partial charge on any atom is 0.303 e. The van der Waals surface area contributed by atoms with Gasteiger partial charge in [-0.25, -0.2) is 9.97 Å². The summed E-state index contributed by atoms with van der Waals surface area (Å²) in [6, 6.07) is 0. The van der Waals surface area contributed by atoms with E-state index in [9.17, 15) is 4.79 Å². The largest absolute Gasteiger partial charge is 0.481 e. The lowest BCUT2D eigenvalue weighted by Crippen LogP contribution is -2.07. The summed E-state index contributed by atoms with van der Waals surface area (Å²) in [7, 11) is 0. The first-order chi connectivity index (χ1) is 7.16. The minimum Gasteiger partial charge on any atom is -0.481 e. The minimum absolute atomic E-state index is 0.0130. The van der Waals surface area contributed by atoms with Crippen molar-refractivity contribution < 1.29 is 14.6 Å². The molecule has 0 aromatic carbocycles. The van der Waals surface area contributed by atoms with Crippen LogP contribution in [0.5, 0.6) is 0 Å². The summed E-state index contributed by atoms with van der Waals surface area (Å²) in [5, 5.41) is 8.53. The average Bonchev–Trinajstić information content (AvgIpc) is 2.63. The Bertz CT molecular complexity index is 406. The van der Waals surface area contributed by atoms with Crippen molar-refractivity contribution in [3.8, 4) is 0 Å². The Hall–Kier alpha value is -1.69. The quantitative estimate of drug-likeness (QED) is 0.732. The summed E-state index contributed by atoms with van der Waals surface area (Å²) in [5.74, 6) is 0.00552. The van der Waals surface area contributed by atoms with Crippen molar-refractivity contribution in [2.24, 2.45) is 0 Å². The highest BCUT2D eigenvalue weighted by Gasteiger charge is 2.18. The number of fused-ring (bicyclic) bond motifs is 1. The number of hydrogen-bond acceptors (Lipinski definition) is 5. The summed E-state index contributed by atoms with van der Waals surface area (Å²) in [4.78, 5) is 18.6. The normalized spacial score (nSPS) is 13.9. The van der Waals surface area contributed by atoms with Crippen LogP contribution in [0.25, 0.3) is 0 Å². The molecule has 1 aliphatic heterocycles. The van der Waals surface area contributed by atoms with Gasteiger partial charge in [0, 0.05) is 12.0 Å². The van der Waals surface area contributed by atoms with Crippen molar-refractivity contribution in [2.45, 2.75) is 26.1 Å². The fourth-order valence-corrected chi connectivity index (χ4v) is 1.46. The van der Waals surface area contributed by atoms with Gasteiger partial charge in [0.05, 0.1) is 25.3 Å². The predicted octanol–water partition coefficient (Wildman–Crippen LogP) is 0.106. The molecule has 0 saturated heterocycles. The lowest BCUT2D eigenvalue weighted by atomic mass is 10.2. The third kappa shape index (κ3) is 2.04. The number of anilines is 1. The van der Waals surface area contributed by atoms with Crippen LogP contribution >= 0.6 is 0 Å². The first-order valence-electron chi connectivity index (χ1n) is 4.60. The minimum atomic E-state index is -0.867. The molecule has 2 rings (SSSR count). The highest BCUT2D eigenvalue weighted by Crippen LogP contribution is 2.22. The van der Waals surface area contributed by atoms with Crippen LogP contribution in [0.2, 0.25) is 0 Å². The van der Waals surface area contributed by atoms with E-state index in [1.165, 1.54) is 0 Å². The smallest absolute Gasteiger partial charge is 0.303 e. The molecule has 6 heteroatoms. The van der Waals surface area contributed by atoms with Crippen LogP contribution in [0.15, 0.2) is 0 Å². The van der Waals surface area contributed by atoms with Crippen LogP contribution in [0.1, 0.15) is 23.5 Å². The third-order valence-electron chi connectivity index (χ3n) is 2.22. The molecule has 0 radical (unpaired) electrons. The van der Waals surface area contributed by atoms with Gasteiger partial charge >= 0.3 is 5.97 Å². The summed E-state index contributed by atoms with van der Waals surface area (Å²) in [6.07, 6.45) is 0.311. The first-order valence-corrected chi connectivity index (χ1v) is 4.60. The molecule has 1 aliphatic rings. The van der Waals surface area contributed by atoms with Gasteiger partial charge in [-0.2, -0.15) is 0 Å². The highest BCUT2D eigenvalue weighted by atomic mass is 16.5. The van der Waals surface area contributed by atoms with E-state index in [1.807, 2.05) is 0 Å². The number of ether oxygens (including phenoxy) is 1. The van der Waals surface area contributed by atoms with Crippen molar-refractivity contribution in [1.29, 1.82) is 0 Å². The Kier molecular flexibility index (Phi) is 2.51. The molecule has 15 heavy (non-hydrogen) atoms. The van der Waals surface area contributed by atoms with Gasteiger partial charge in [-0.15, -0.1) is 0 Å². The Morgan fingerprint density at radius 2 is 2.27 bits per heavy atom. The number of carbonyl (C=O) groups is 1. The number of rotatable bonds is 3. The molecular formula is C9H11N3O3. The molecule has 2 heterocycles. The van der Waals surface area contributed by atoms with Gasteiger partial charge in [-0.3, -0.25) is 4.79 Å². The zero-order valence-corrected chi connectivity index (χ0v) is 8.06. The molecule has 1 aromatic heterocycles. The molecule has 6 nitrogen and oxygen atoms in total. The zero-order chi connectivity index (χ0) is 10.8. The molecule has 0 unspecified atom stereocenters. The lowest BCUT2D eigenvalue weighted by molar-refractivity contribution is -0.137. The maximum atomic E-state index is 10.4. The van der Waals surface area contributed by atoms with E-state index >= 15 is 0 Å². The second-order valence-electron chi connectivity index (χ2n) is 3.34. The van der Waals surface area contributed by atoms with Crippen LogP contribution < -0.4 is 5.73 Å². The molecule has 80 valence electrons. The summed E-state index contributed by atoms with van der Waals surface area (Å²) >= 11 is 0. The number of nitrogens with zero attached hydrogens (tertiary/aromatic N) is 2. The molecule has 1 aromatic rings. The maximum absolute atomic E-state index is 10.4. The first kappa shape index (κ1) is 9.85. The van der Waals surface area contributed by atoms with E-state index in [-0.39, 0.29) is 6.42 Å². The molecule has 0 atom stereocenters. The van der Waals surface area contributed by atoms with Gasteiger partial charge in [0.1, 0.15) is 11.6 Å². The van der Waals surface area contributed by atoms with Crippen molar-refractivity contribution in [3.05, 3.63) is 17.1 Å². The third-order valence-corrected chi connectivity index (χ3v) is 2.22. The van der Waals surface area contributed by atoms with Crippen molar-refractivity contribution in [3.63, 3.8) is 0 Å². The van der Waals surface area contributed by atoms with E-state index in [2.05, 4.69) is 9.97 Å². The Labute approximate surface area is 86.1 Å². The number of aryl methyl sites for hydroxylation is 1. The van der Waals surface area contributed by atoms with Crippen LogP contribution in [0, 0.1) is 0 Å². The Morgan fingerprint density at radius 1 is 1.47 bits per heavy atom. The molecule has 0 aliphatic carbocycles. The number of carboxylic acid groups (broad SMARTS) is 1. The summed E-state index contributed by atoms with van der Waals surface area (Å²) < 4.78 is 5.18. The second-order valence-corrected chi connectivity index (χ2v) is 3.34. The van der Waals surface area contributed by atoms with Crippen LogP contribution in [-0.4, -0.2) is 21.0 Å².